The van der Waals surface area contributed by atoms with Crippen molar-refractivity contribution in [1.29, 1.82) is 0 Å². The van der Waals surface area contributed by atoms with Gasteiger partial charge in [0, 0.05) is 31.0 Å². The van der Waals surface area contributed by atoms with Crippen molar-refractivity contribution in [2.75, 3.05) is 37.2 Å². The molecule has 0 spiro atoms. The van der Waals surface area contributed by atoms with Crippen molar-refractivity contribution < 1.29 is 41.4 Å². The standard InChI is InChI=1S/C34H46ClN8O9PS/c1-21-10-9-11-22(2)26(21)18-49-28(44)12-7-6-8-17-38-53(46,52-25-15-13-24(35)14-16-25)50-19-27-30(45)23(3)33(51-27)43-20-37-29-31(39-34(36)40-32(29)43)42(4)41-54(5,47)48/h9-11,13-16,20,23,27,30,33,41,45H,6-8,12,17-19H2,1-5H3,(H,38,46)(H2,36,39,40)/t23?,27-,30+,33?,53?/m1/s1. The monoisotopic (exact) mass is 808 g/mol. The van der Waals surface area contributed by atoms with Crippen molar-refractivity contribution in [2.45, 2.75) is 71.5 Å². The summed E-state index contributed by atoms with van der Waals surface area (Å²) in [6.07, 6.45) is 1.60. The van der Waals surface area contributed by atoms with Crippen LogP contribution in [-0.2, 0) is 40.0 Å². The third-order valence-electron chi connectivity index (χ3n) is 8.83. The minimum Gasteiger partial charge on any atom is -0.461 e. The molecule has 1 aliphatic heterocycles. The lowest BCUT2D eigenvalue weighted by molar-refractivity contribution is -0.145. The van der Waals surface area contributed by atoms with Crippen LogP contribution in [0.1, 0.15) is 55.5 Å². The minimum absolute atomic E-state index is 0.104. The molecule has 5 N–H and O–H groups in total. The van der Waals surface area contributed by atoms with E-state index in [1.807, 2.05) is 32.0 Å². The van der Waals surface area contributed by atoms with Gasteiger partial charge in [0.05, 0.1) is 25.3 Å². The number of aromatic nitrogens is 4. The highest BCUT2D eigenvalue weighted by Crippen LogP contribution is 2.46. The fourth-order valence-corrected chi connectivity index (χ4v) is 8.07. The molecule has 5 rings (SSSR count). The van der Waals surface area contributed by atoms with Crippen LogP contribution < -0.4 is 25.2 Å². The molecule has 0 bridgehead atoms. The Labute approximate surface area is 319 Å². The number of anilines is 2. The number of nitrogens with zero attached hydrogens (tertiary/aromatic N) is 5. The van der Waals surface area contributed by atoms with Gasteiger partial charge in [0.15, 0.2) is 17.0 Å². The summed E-state index contributed by atoms with van der Waals surface area (Å²) in [4.78, 5) is 27.5. The van der Waals surface area contributed by atoms with E-state index >= 15 is 0 Å². The van der Waals surface area contributed by atoms with Crippen molar-refractivity contribution >= 4 is 58.3 Å². The van der Waals surface area contributed by atoms with E-state index in [1.165, 1.54) is 13.4 Å². The maximum atomic E-state index is 14.1. The van der Waals surface area contributed by atoms with E-state index in [0.717, 1.165) is 28.0 Å². The summed E-state index contributed by atoms with van der Waals surface area (Å²) in [5, 5.41) is 15.7. The minimum atomic E-state index is -4.03. The van der Waals surface area contributed by atoms with E-state index in [1.54, 1.807) is 35.8 Å². The summed E-state index contributed by atoms with van der Waals surface area (Å²) in [6, 6.07) is 12.2. The third kappa shape index (κ3) is 10.7. The lowest BCUT2D eigenvalue weighted by Crippen LogP contribution is -2.39. The molecule has 3 unspecified atom stereocenters. The Balaban J connectivity index is 1.19. The Morgan fingerprint density at radius 2 is 1.83 bits per heavy atom. The van der Waals surface area contributed by atoms with E-state index in [2.05, 4.69) is 24.9 Å². The molecule has 2 aromatic carbocycles. The summed E-state index contributed by atoms with van der Waals surface area (Å²) in [7, 11) is -6.23. The maximum Gasteiger partial charge on any atom is 0.458 e. The van der Waals surface area contributed by atoms with Gasteiger partial charge >= 0.3 is 13.7 Å². The van der Waals surface area contributed by atoms with Crippen molar-refractivity contribution in [3.63, 3.8) is 0 Å². The van der Waals surface area contributed by atoms with Gasteiger partial charge in [0.25, 0.3) is 0 Å². The third-order valence-corrected chi connectivity index (χ3v) is 11.2. The molecule has 1 fully saturated rings. The van der Waals surface area contributed by atoms with Gasteiger partial charge in [-0.25, -0.2) is 23.1 Å². The number of fused-ring (bicyclic) bond motifs is 1. The number of imidazole rings is 1. The predicted octanol–water partition coefficient (Wildman–Crippen LogP) is 4.57. The number of nitrogens with two attached hydrogens (primary N) is 1. The van der Waals surface area contributed by atoms with Crippen LogP contribution in [0.2, 0.25) is 5.02 Å². The first-order valence-electron chi connectivity index (χ1n) is 17.2. The number of hydrazine groups is 1. The molecule has 1 aliphatic rings. The van der Waals surface area contributed by atoms with Gasteiger partial charge in [-0.3, -0.25) is 18.9 Å². The average Bonchev–Trinajstić information content (AvgIpc) is 3.64. The molecule has 0 saturated carbocycles. The van der Waals surface area contributed by atoms with Crippen molar-refractivity contribution in [3.8, 4) is 5.75 Å². The number of carbonyl (C=O) groups excluding carboxylic acids is 1. The number of aryl methyl sites for hydroxylation is 2. The van der Waals surface area contributed by atoms with E-state index in [4.69, 9.17) is 35.9 Å². The van der Waals surface area contributed by atoms with Crippen molar-refractivity contribution in [2.24, 2.45) is 5.92 Å². The Kier molecular flexibility index (Phi) is 13.6. The molecular weight excluding hydrogens is 763 g/mol. The highest BCUT2D eigenvalue weighted by atomic mass is 35.5. The molecule has 4 aromatic rings. The molecule has 54 heavy (non-hydrogen) atoms. The topological polar surface area (TPSA) is 222 Å². The molecular formula is C34H46ClN8O9PS. The fourth-order valence-electron chi connectivity index (χ4n) is 5.98. The highest BCUT2D eigenvalue weighted by Gasteiger charge is 2.44. The van der Waals surface area contributed by atoms with Crippen molar-refractivity contribution in [1.82, 2.24) is 29.4 Å². The molecule has 0 radical (unpaired) electrons. The number of nitrogen functional groups attached to an aromatic ring is 1. The number of nitrogens with one attached hydrogen (secondary N) is 2. The quantitative estimate of drug-likeness (QED) is 0.0468. The zero-order valence-corrected chi connectivity index (χ0v) is 33.1. The fraction of sp³-hybridized carbons (Fsp3) is 0.471. The Morgan fingerprint density at radius 1 is 1.13 bits per heavy atom. The number of unbranched alkanes of at least 4 members (excludes halogenated alkanes) is 2. The molecule has 3 heterocycles. The lowest BCUT2D eigenvalue weighted by atomic mass is 10.0. The summed E-state index contributed by atoms with van der Waals surface area (Å²) >= 11 is 6.03. The van der Waals surface area contributed by atoms with Crippen LogP contribution in [0.15, 0.2) is 48.8 Å². The number of aliphatic hydroxyl groups excluding tert-OH is 1. The second kappa shape index (κ2) is 17.7. The number of rotatable bonds is 18. The largest absolute Gasteiger partial charge is 0.461 e. The number of esters is 1. The van der Waals surface area contributed by atoms with Crippen molar-refractivity contribution in [3.05, 3.63) is 70.5 Å². The first kappa shape index (κ1) is 41.3. The SMILES string of the molecule is Cc1cccc(C)c1COC(=O)CCCCCNP(=O)(OC[C@H]1OC(n2cnc3c(N(C)NS(C)(=O)=O)nc(N)nc32)C(C)[C@@H]1O)Oc1ccc(Cl)cc1. The number of hydrogen-bond donors (Lipinski definition) is 4. The second-order valence-corrected chi connectivity index (χ2v) is 17.1. The summed E-state index contributed by atoms with van der Waals surface area (Å²) in [5.41, 5.74) is 9.58. The van der Waals surface area contributed by atoms with Gasteiger partial charge in [-0.2, -0.15) is 9.97 Å². The average molecular weight is 809 g/mol. The highest BCUT2D eigenvalue weighted by molar-refractivity contribution is 7.88. The Bertz CT molecular complexity index is 2070. The zero-order valence-electron chi connectivity index (χ0n) is 30.6. The molecule has 20 heteroatoms. The number of sulfonamides is 1. The number of hydrogen-bond acceptors (Lipinski definition) is 14. The van der Waals surface area contributed by atoms with Crippen LogP contribution in [0.4, 0.5) is 11.8 Å². The van der Waals surface area contributed by atoms with Gasteiger partial charge in [-0.15, -0.1) is 4.83 Å². The second-order valence-electron chi connectivity index (χ2n) is 13.2. The smallest absolute Gasteiger partial charge is 0.458 e. The number of carbonyl (C=O) groups is 1. The molecule has 2 aromatic heterocycles. The summed E-state index contributed by atoms with van der Waals surface area (Å²) in [5.74, 6) is -0.613. The summed E-state index contributed by atoms with van der Waals surface area (Å²) in [6.45, 7) is 5.87. The Morgan fingerprint density at radius 3 is 2.52 bits per heavy atom. The van der Waals surface area contributed by atoms with E-state index in [0.29, 0.717) is 24.3 Å². The molecule has 5 atom stereocenters. The lowest BCUT2D eigenvalue weighted by Gasteiger charge is -2.23. The predicted molar refractivity (Wildman–Crippen MR) is 203 cm³/mol. The van der Waals surface area contributed by atoms with Crippen LogP contribution in [0, 0.1) is 19.8 Å². The number of ether oxygens (including phenoxy) is 2. The normalized spacial score (nSPS) is 19.8. The van der Waals surface area contributed by atoms with Crippen LogP contribution in [-0.4, -0.2) is 77.7 Å². The van der Waals surface area contributed by atoms with Crippen LogP contribution in [0.3, 0.4) is 0 Å². The first-order chi connectivity index (χ1) is 25.5. The van der Waals surface area contributed by atoms with Gasteiger partial charge < -0.3 is 24.8 Å². The van der Waals surface area contributed by atoms with Gasteiger partial charge in [0.1, 0.15) is 24.7 Å². The van der Waals surface area contributed by atoms with Crippen LogP contribution >= 0.6 is 19.3 Å². The van der Waals surface area contributed by atoms with E-state index in [9.17, 15) is 22.9 Å². The van der Waals surface area contributed by atoms with Gasteiger partial charge in [-0.05, 0) is 67.6 Å². The van der Waals surface area contributed by atoms with Gasteiger partial charge in [0.2, 0.25) is 16.0 Å². The molecule has 0 aliphatic carbocycles. The number of aliphatic hydroxyl groups is 1. The Hall–Kier alpha value is -3.87. The first-order valence-corrected chi connectivity index (χ1v) is 21.0. The molecule has 0 amide bonds. The summed E-state index contributed by atoms with van der Waals surface area (Å²) < 4.78 is 62.7. The van der Waals surface area contributed by atoms with E-state index < -0.39 is 42.1 Å². The molecule has 17 nitrogen and oxygen atoms in total. The van der Waals surface area contributed by atoms with Gasteiger partial charge in [-0.1, -0.05) is 43.1 Å². The van der Waals surface area contributed by atoms with E-state index in [-0.39, 0.29) is 60.8 Å². The van der Waals surface area contributed by atoms with Crippen LogP contribution in [0.5, 0.6) is 5.75 Å². The number of halogens is 1. The number of benzene rings is 2. The molecule has 294 valence electrons. The van der Waals surface area contributed by atoms with Crippen LogP contribution in [0.25, 0.3) is 11.2 Å². The molecule has 1 saturated heterocycles. The maximum absolute atomic E-state index is 14.1. The zero-order chi connectivity index (χ0) is 39.2.